The largest absolute Gasteiger partial charge is 0.508 e. The lowest BCUT2D eigenvalue weighted by atomic mass is 9.94. The maximum Gasteiger partial charge on any atom is 0.327 e. The normalized spacial score (nSPS) is 23.2. The van der Waals surface area contributed by atoms with Crippen molar-refractivity contribution in [2.75, 3.05) is 11.4 Å². The summed E-state index contributed by atoms with van der Waals surface area (Å²) in [6.45, 7) is 5.94. The van der Waals surface area contributed by atoms with Crippen LogP contribution in [0.25, 0.3) is 11.3 Å². The van der Waals surface area contributed by atoms with Gasteiger partial charge in [-0.25, -0.2) is 9.69 Å². The number of aromatic hydroxyl groups is 1. The number of hydrogen-bond acceptors (Lipinski definition) is 12. The van der Waals surface area contributed by atoms with Gasteiger partial charge in [0.2, 0.25) is 17.7 Å². The van der Waals surface area contributed by atoms with Crippen LogP contribution in [0.15, 0.2) is 65.5 Å². The first-order valence-electron chi connectivity index (χ1n) is 17.1. The van der Waals surface area contributed by atoms with Crippen LogP contribution in [0.2, 0.25) is 0 Å². The highest BCUT2D eigenvalue weighted by atomic mass is 32.2. The minimum Gasteiger partial charge on any atom is -0.508 e. The van der Waals surface area contributed by atoms with Crippen molar-refractivity contribution >= 4 is 53.0 Å². The summed E-state index contributed by atoms with van der Waals surface area (Å²) in [6, 6.07) is 11.0. The Morgan fingerprint density at radius 3 is 2.28 bits per heavy atom. The third kappa shape index (κ3) is 7.21. The SMILES string of the molecule is CC(=O)OC1CN[C@H](C(=O)N(C(C)=O)c2ccc(-c3ccc(CN(C(=O)C(N)c4ccc(O)cc4)[C@@H]4C(=O)N5[C@@H]4SC(C)(C)[C@@H]5C(=O)O)c(=O)[nH]3)cc2)C1. The van der Waals surface area contributed by atoms with Crippen LogP contribution in [-0.2, 0) is 40.0 Å². The number of thioether (sulfide) groups is 1. The van der Waals surface area contributed by atoms with Crippen molar-refractivity contribution in [2.24, 2.45) is 5.73 Å². The summed E-state index contributed by atoms with van der Waals surface area (Å²) < 4.78 is 4.33. The number of carboxylic acid groups (broad SMARTS) is 1. The number of aromatic amines is 1. The Balaban J connectivity index is 1.24. The number of benzene rings is 2. The van der Waals surface area contributed by atoms with Gasteiger partial charge >= 0.3 is 11.9 Å². The fourth-order valence-corrected chi connectivity index (χ4v) is 8.90. The summed E-state index contributed by atoms with van der Waals surface area (Å²) >= 11 is 1.25. The van der Waals surface area contributed by atoms with Gasteiger partial charge in [-0.1, -0.05) is 24.3 Å². The average molecular weight is 761 g/mol. The zero-order valence-corrected chi connectivity index (χ0v) is 30.7. The number of amides is 4. The van der Waals surface area contributed by atoms with Gasteiger partial charge in [-0.05, 0) is 61.4 Å². The fourth-order valence-electron chi connectivity index (χ4n) is 7.20. The lowest BCUT2D eigenvalue weighted by Gasteiger charge is -2.48. The Hall–Kier alpha value is -5.52. The average Bonchev–Trinajstić information content (AvgIpc) is 3.67. The number of aromatic nitrogens is 1. The number of phenols is 1. The maximum atomic E-state index is 14.1. The zero-order valence-electron chi connectivity index (χ0n) is 29.8. The van der Waals surface area contributed by atoms with Gasteiger partial charge in [-0.3, -0.25) is 28.8 Å². The van der Waals surface area contributed by atoms with E-state index in [9.17, 15) is 43.8 Å². The topological polar surface area (TPSA) is 233 Å². The van der Waals surface area contributed by atoms with Crippen molar-refractivity contribution in [3.8, 4) is 17.0 Å². The molecule has 6 atom stereocenters. The van der Waals surface area contributed by atoms with Crippen molar-refractivity contribution < 1.29 is 43.7 Å². The van der Waals surface area contributed by atoms with E-state index in [1.807, 2.05) is 0 Å². The van der Waals surface area contributed by atoms with Crippen molar-refractivity contribution in [3.05, 3.63) is 82.1 Å². The number of rotatable bonds is 10. The maximum absolute atomic E-state index is 14.1. The number of anilines is 1. The van der Waals surface area contributed by atoms with Crippen molar-refractivity contribution in [1.82, 2.24) is 20.1 Å². The molecule has 6 N–H and O–H groups in total. The van der Waals surface area contributed by atoms with Crippen molar-refractivity contribution in [2.45, 2.75) is 81.1 Å². The van der Waals surface area contributed by atoms with Crippen LogP contribution in [-0.4, -0.2) is 101 Å². The molecule has 3 aliphatic rings. The number of nitrogens with two attached hydrogens (primary N) is 1. The summed E-state index contributed by atoms with van der Waals surface area (Å²) in [6.07, 6.45) is -0.275. The number of carbonyl (C=O) groups is 6. The van der Waals surface area contributed by atoms with Gasteiger partial charge in [-0.15, -0.1) is 11.8 Å². The van der Waals surface area contributed by atoms with Crippen molar-refractivity contribution in [1.29, 1.82) is 0 Å². The summed E-state index contributed by atoms with van der Waals surface area (Å²) in [4.78, 5) is 96.9. The highest BCUT2D eigenvalue weighted by Crippen LogP contribution is 2.52. The predicted molar refractivity (Wildman–Crippen MR) is 196 cm³/mol. The van der Waals surface area contributed by atoms with E-state index in [0.717, 1.165) is 4.90 Å². The van der Waals surface area contributed by atoms with Crippen LogP contribution in [0.3, 0.4) is 0 Å². The molecular weight excluding hydrogens is 721 g/mol. The van der Waals surface area contributed by atoms with Crippen LogP contribution in [0.4, 0.5) is 5.69 Å². The number of fused-ring (bicyclic) bond motifs is 1. The molecule has 16 nitrogen and oxygen atoms in total. The third-order valence-electron chi connectivity index (χ3n) is 9.81. The Labute approximate surface area is 313 Å². The molecule has 4 amide bonds. The number of esters is 1. The van der Waals surface area contributed by atoms with Gasteiger partial charge in [0.25, 0.3) is 11.5 Å². The van der Waals surface area contributed by atoms with Gasteiger partial charge in [0.05, 0.1) is 18.3 Å². The first-order valence-corrected chi connectivity index (χ1v) is 18.0. The summed E-state index contributed by atoms with van der Waals surface area (Å²) in [5.74, 6) is -3.93. The number of ether oxygens (including phenoxy) is 1. The molecule has 0 aliphatic carbocycles. The van der Waals surface area contributed by atoms with E-state index in [4.69, 9.17) is 10.5 Å². The summed E-state index contributed by atoms with van der Waals surface area (Å²) in [7, 11) is 0. The number of β-lactam (4-membered cyclic amide) rings is 1. The molecule has 3 aliphatic heterocycles. The summed E-state index contributed by atoms with van der Waals surface area (Å²) in [5, 5.41) is 22.0. The molecule has 2 aromatic carbocycles. The first kappa shape index (κ1) is 38.2. The molecule has 3 fully saturated rings. The first-order chi connectivity index (χ1) is 25.5. The Morgan fingerprint density at radius 2 is 1.69 bits per heavy atom. The zero-order chi connectivity index (χ0) is 39.2. The third-order valence-corrected chi connectivity index (χ3v) is 11.4. The van der Waals surface area contributed by atoms with Crippen LogP contribution < -0.4 is 21.5 Å². The number of pyridine rings is 1. The second-order valence-corrected chi connectivity index (χ2v) is 15.7. The van der Waals surface area contributed by atoms with E-state index < -0.39 is 81.5 Å². The number of phenolic OH excluding ortho intramolecular Hbond substituents is 1. The van der Waals surface area contributed by atoms with Crippen LogP contribution in [0, 0.1) is 0 Å². The van der Waals surface area contributed by atoms with Crippen LogP contribution in [0.1, 0.15) is 51.3 Å². The van der Waals surface area contributed by atoms with E-state index in [2.05, 4.69) is 10.3 Å². The fraction of sp³-hybridized carbons (Fsp3) is 0.378. The number of H-pyrrole nitrogens is 1. The minimum atomic E-state index is -1.26. The Bertz CT molecular complexity index is 2070. The second kappa shape index (κ2) is 14.7. The van der Waals surface area contributed by atoms with E-state index in [0.29, 0.717) is 22.5 Å². The highest BCUT2D eigenvalue weighted by Gasteiger charge is 2.66. The summed E-state index contributed by atoms with van der Waals surface area (Å²) in [5.41, 5.74) is 7.55. The molecule has 6 rings (SSSR count). The van der Waals surface area contributed by atoms with Crippen LogP contribution >= 0.6 is 11.8 Å². The van der Waals surface area contributed by atoms with Gasteiger partial charge in [-0.2, -0.15) is 0 Å². The van der Waals surface area contributed by atoms with Crippen LogP contribution in [0.5, 0.6) is 5.75 Å². The molecule has 0 radical (unpaired) electrons. The molecule has 4 heterocycles. The molecule has 54 heavy (non-hydrogen) atoms. The molecule has 0 spiro atoms. The molecule has 3 saturated heterocycles. The Kier molecular flexibility index (Phi) is 10.4. The van der Waals surface area contributed by atoms with E-state index in [-0.39, 0.29) is 30.8 Å². The number of nitrogens with one attached hydrogen (secondary N) is 2. The second-order valence-electron chi connectivity index (χ2n) is 14.0. The van der Waals surface area contributed by atoms with Gasteiger partial charge in [0.1, 0.15) is 35.4 Å². The van der Waals surface area contributed by atoms with E-state index in [1.165, 1.54) is 65.7 Å². The van der Waals surface area contributed by atoms with E-state index in [1.54, 1.807) is 44.2 Å². The number of carboxylic acids is 1. The van der Waals surface area contributed by atoms with E-state index >= 15 is 0 Å². The van der Waals surface area contributed by atoms with Gasteiger partial charge in [0.15, 0.2) is 0 Å². The quantitative estimate of drug-likeness (QED) is 0.146. The molecule has 0 bridgehead atoms. The molecule has 1 aromatic heterocycles. The van der Waals surface area contributed by atoms with Gasteiger partial charge in [0, 0.05) is 42.8 Å². The smallest absolute Gasteiger partial charge is 0.327 e. The molecule has 284 valence electrons. The molecule has 17 heteroatoms. The molecule has 3 aromatic rings. The number of aliphatic carboxylic acids is 1. The molecule has 0 saturated carbocycles. The number of carbonyl (C=O) groups excluding carboxylic acids is 5. The standard InChI is InChI=1S/C37H40N6O10S/c1-18(44)42(32(48)27-15-25(16-39-27)53-19(2)45)23-10-5-20(6-11-23)26-14-9-22(31(47)40-26)17-41(33(49)28(38)21-7-12-24(46)13-8-21)29-34(50)43-30(36(51)52)37(3,4)54-35(29)43/h5-14,25,27-30,35,39,46H,15-17,38H2,1-4H3,(H,40,47)(H,51,52)/t25?,27-,28?,29+,30-,35+/m0/s1. The number of nitrogens with zero attached hydrogens (tertiary/aromatic N) is 3. The Morgan fingerprint density at radius 1 is 1.02 bits per heavy atom. The van der Waals surface area contributed by atoms with Gasteiger partial charge < -0.3 is 40.8 Å². The monoisotopic (exact) mass is 760 g/mol. The molecule has 2 unspecified atom stereocenters. The molecular formula is C37H40N6O10S. The lowest BCUT2D eigenvalue weighted by molar-refractivity contribution is -0.169. The lowest BCUT2D eigenvalue weighted by Crippen LogP contribution is -2.71. The number of hydrogen-bond donors (Lipinski definition) is 5. The minimum absolute atomic E-state index is 0.0348. The van der Waals surface area contributed by atoms with Crippen molar-refractivity contribution in [3.63, 3.8) is 0 Å². The predicted octanol–water partition coefficient (Wildman–Crippen LogP) is 1.46. The highest BCUT2D eigenvalue weighted by molar-refractivity contribution is 8.01. The number of imide groups is 1.